The average Bonchev–Trinajstić information content (AvgIpc) is 2.89. The van der Waals surface area contributed by atoms with Crippen molar-refractivity contribution in [3.63, 3.8) is 0 Å². The molecule has 114 valence electrons. The summed E-state index contributed by atoms with van der Waals surface area (Å²) in [7, 11) is 0. The van der Waals surface area contributed by atoms with E-state index in [-0.39, 0.29) is 17.8 Å². The van der Waals surface area contributed by atoms with Crippen LogP contribution in [0.4, 0.5) is 10.8 Å². The minimum absolute atomic E-state index is 0.0353. The molecule has 1 heterocycles. The number of carbonyl (C=O) groups excluding carboxylic acids is 1. The van der Waals surface area contributed by atoms with Gasteiger partial charge in [-0.05, 0) is 31.4 Å². The lowest BCUT2D eigenvalue weighted by atomic mass is 9.90. The zero-order valence-corrected chi connectivity index (χ0v) is 12.7. The van der Waals surface area contributed by atoms with Gasteiger partial charge in [-0.3, -0.25) is 10.2 Å². The van der Waals surface area contributed by atoms with Crippen LogP contribution in [0.1, 0.15) is 29.3 Å². The molecule has 1 aliphatic carbocycles. The lowest BCUT2D eigenvalue weighted by molar-refractivity contribution is -0.117. The number of carbonyl (C=O) groups is 1. The molecule has 0 radical (unpaired) electrons. The number of nitrogens with zero attached hydrogens (tertiary/aromatic N) is 1. The first-order valence-electron chi connectivity index (χ1n) is 7.10. The predicted octanol–water partition coefficient (Wildman–Crippen LogP) is 2.51. The molecular formula is C15H17N5OS. The predicted molar refractivity (Wildman–Crippen MR) is 88.4 cm³/mol. The maximum atomic E-state index is 12.5. The first kappa shape index (κ1) is 14.5. The van der Waals surface area contributed by atoms with Gasteiger partial charge in [-0.2, -0.15) is 0 Å². The van der Waals surface area contributed by atoms with E-state index in [9.17, 15) is 4.79 Å². The number of aromatic nitrogens is 1. The highest BCUT2D eigenvalue weighted by molar-refractivity contribution is 7.15. The average molecular weight is 315 g/mol. The van der Waals surface area contributed by atoms with Crippen LogP contribution in [-0.4, -0.2) is 16.9 Å². The number of thiazole rings is 1. The van der Waals surface area contributed by atoms with Crippen molar-refractivity contribution in [2.24, 2.45) is 5.73 Å². The summed E-state index contributed by atoms with van der Waals surface area (Å²) in [6.45, 7) is 0. The van der Waals surface area contributed by atoms with Gasteiger partial charge in [-0.1, -0.05) is 18.2 Å². The van der Waals surface area contributed by atoms with Crippen LogP contribution in [0.3, 0.4) is 0 Å². The van der Waals surface area contributed by atoms with Gasteiger partial charge in [-0.15, -0.1) is 11.3 Å². The van der Waals surface area contributed by atoms with Crippen LogP contribution in [0.15, 0.2) is 30.3 Å². The number of nitrogens with two attached hydrogens (primary N) is 1. The Hall–Kier alpha value is -2.41. The van der Waals surface area contributed by atoms with E-state index in [0.717, 1.165) is 35.5 Å². The first-order chi connectivity index (χ1) is 10.6. The Labute approximate surface area is 132 Å². The highest BCUT2D eigenvalue weighted by Gasteiger charge is 2.30. The summed E-state index contributed by atoms with van der Waals surface area (Å²) in [6, 6.07) is 9.42. The van der Waals surface area contributed by atoms with Crippen molar-refractivity contribution in [2.45, 2.75) is 25.2 Å². The number of anilines is 2. The van der Waals surface area contributed by atoms with E-state index in [1.807, 2.05) is 30.3 Å². The molecule has 0 fully saturated rings. The number of hydrogen-bond donors (Lipinski definition) is 4. The summed E-state index contributed by atoms with van der Waals surface area (Å²) >= 11 is 1.47. The standard InChI is InChI=1S/C15H17N5OS/c16-14(17)20-15-19-12-10(7-4-8-11(12)22-15)13(21)18-9-5-2-1-3-6-9/h1-3,5-6,10H,4,7-8H2,(H,18,21)(H4,16,17,19,20)/t10-/m0/s1. The molecule has 3 rings (SSSR count). The van der Waals surface area contributed by atoms with Crippen molar-refractivity contribution in [2.75, 3.05) is 10.6 Å². The van der Waals surface area contributed by atoms with E-state index >= 15 is 0 Å². The Kier molecular flexibility index (Phi) is 4.06. The zero-order valence-electron chi connectivity index (χ0n) is 11.9. The van der Waals surface area contributed by atoms with Crippen molar-refractivity contribution in [3.8, 4) is 0 Å². The molecular weight excluding hydrogens is 298 g/mol. The molecule has 0 unspecified atom stereocenters. The summed E-state index contributed by atoms with van der Waals surface area (Å²) in [5.41, 5.74) is 6.94. The van der Waals surface area contributed by atoms with E-state index in [0.29, 0.717) is 5.13 Å². The molecule has 0 aliphatic heterocycles. The van der Waals surface area contributed by atoms with Gasteiger partial charge in [0.25, 0.3) is 0 Å². The van der Waals surface area contributed by atoms with Crippen LogP contribution >= 0.6 is 11.3 Å². The van der Waals surface area contributed by atoms with Crippen molar-refractivity contribution in [1.29, 1.82) is 5.41 Å². The number of benzene rings is 1. The normalized spacial score (nSPS) is 16.6. The van der Waals surface area contributed by atoms with Crippen LogP contribution in [0.25, 0.3) is 0 Å². The molecule has 2 aromatic rings. The van der Waals surface area contributed by atoms with Gasteiger partial charge in [0.15, 0.2) is 11.1 Å². The van der Waals surface area contributed by atoms with E-state index in [2.05, 4.69) is 15.6 Å². The van der Waals surface area contributed by atoms with E-state index in [1.54, 1.807) is 0 Å². The van der Waals surface area contributed by atoms with Crippen molar-refractivity contribution < 1.29 is 4.79 Å². The fourth-order valence-electron chi connectivity index (χ4n) is 2.59. The fourth-order valence-corrected chi connectivity index (χ4v) is 3.67. The van der Waals surface area contributed by atoms with Crippen molar-refractivity contribution in [1.82, 2.24) is 4.98 Å². The second-order valence-electron chi connectivity index (χ2n) is 5.17. The summed E-state index contributed by atoms with van der Waals surface area (Å²) in [6.07, 6.45) is 2.66. The monoisotopic (exact) mass is 315 g/mol. The van der Waals surface area contributed by atoms with Gasteiger partial charge >= 0.3 is 0 Å². The SMILES string of the molecule is N=C(N)Nc1nc2c(s1)CCC[C@@H]2C(=O)Nc1ccccc1. The second-order valence-corrected chi connectivity index (χ2v) is 6.25. The molecule has 1 aromatic carbocycles. The third kappa shape index (κ3) is 3.09. The summed E-state index contributed by atoms with van der Waals surface area (Å²) in [5, 5.41) is 13.5. The number of para-hydroxylation sites is 1. The molecule has 0 saturated carbocycles. The third-order valence-corrected chi connectivity index (χ3v) is 4.60. The lowest BCUT2D eigenvalue weighted by Gasteiger charge is -2.20. The number of aryl methyl sites for hydroxylation is 1. The van der Waals surface area contributed by atoms with Gasteiger partial charge in [0, 0.05) is 10.6 Å². The number of amides is 1. The van der Waals surface area contributed by atoms with E-state index < -0.39 is 0 Å². The summed E-state index contributed by atoms with van der Waals surface area (Å²) < 4.78 is 0. The van der Waals surface area contributed by atoms with Crippen LogP contribution in [-0.2, 0) is 11.2 Å². The van der Waals surface area contributed by atoms with Crippen LogP contribution in [0.5, 0.6) is 0 Å². The molecule has 5 N–H and O–H groups in total. The Morgan fingerprint density at radius 1 is 1.32 bits per heavy atom. The van der Waals surface area contributed by atoms with Gasteiger partial charge < -0.3 is 16.4 Å². The molecule has 1 aromatic heterocycles. The number of hydrogen-bond acceptors (Lipinski definition) is 4. The largest absolute Gasteiger partial charge is 0.370 e. The Balaban J connectivity index is 1.80. The third-order valence-electron chi connectivity index (χ3n) is 3.55. The zero-order chi connectivity index (χ0) is 15.5. The van der Waals surface area contributed by atoms with Crippen LogP contribution < -0.4 is 16.4 Å². The molecule has 0 saturated heterocycles. The molecule has 22 heavy (non-hydrogen) atoms. The van der Waals surface area contributed by atoms with Gasteiger partial charge in [0.1, 0.15) is 0 Å². The quantitative estimate of drug-likeness (QED) is 0.516. The minimum atomic E-state index is -0.247. The molecule has 0 spiro atoms. The number of rotatable bonds is 3. The number of fused-ring (bicyclic) bond motifs is 1. The van der Waals surface area contributed by atoms with Crippen LogP contribution in [0.2, 0.25) is 0 Å². The maximum absolute atomic E-state index is 12.5. The maximum Gasteiger partial charge on any atom is 0.233 e. The Morgan fingerprint density at radius 3 is 2.82 bits per heavy atom. The Bertz CT molecular complexity index is 697. The van der Waals surface area contributed by atoms with Gasteiger partial charge in [0.2, 0.25) is 5.91 Å². The number of nitrogens with one attached hydrogen (secondary N) is 3. The van der Waals surface area contributed by atoms with E-state index in [4.69, 9.17) is 11.1 Å². The number of guanidine groups is 1. The molecule has 0 bridgehead atoms. The smallest absolute Gasteiger partial charge is 0.233 e. The molecule has 6 nitrogen and oxygen atoms in total. The van der Waals surface area contributed by atoms with E-state index in [1.165, 1.54) is 11.3 Å². The van der Waals surface area contributed by atoms with Crippen molar-refractivity contribution in [3.05, 3.63) is 40.9 Å². The lowest BCUT2D eigenvalue weighted by Crippen LogP contribution is -2.24. The topological polar surface area (TPSA) is 104 Å². The minimum Gasteiger partial charge on any atom is -0.370 e. The van der Waals surface area contributed by atoms with Gasteiger partial charge in [0.05, 0.1) is 11.6 Å². The fraction of sp³-hybridized carbons (Fsp3) is 0.267. The summed E-state index contributed by atoms with van der Waals surface area (Å²) in [5.74, 6) is -0.425. The molecule has 1 amide bonds. The van der Waals surface area contributed by atoms with Gasteiger partial charge in [-0.25, -0.2) is 4.98 Å². The Morgan fingerprint density at radius 2 is 2.09 bits per heavy atom. The van der Waals surface area contributed by atoms with Crippen LogP contribution in [0, 0.1) is 5.41 Å². The second kappa shape index (κ2) is 6.15. The van der Waals surface area contributed by atoms with Crippen molar-refractivity contribution >= 4 is 34.0 Å². The molecule has 1 atom stereocenters. The molecule has 1 aliphatic rings. The summed E-state index contributed by atoms with van der Waals surface area (Å²) in [4.78, 5) is 18.1. The highest BCUT2D eigenvalue weighted by atomic mass is 32.1. The first-order valence-corrected chi connectivity index (χ1v) is 7.91. The molecule has 7 heteroatoms. The highest BCUT2D eigenvalue weighted by Crippen LogP contribution is 2.37.